The number of rotatable bonds is 4. The third kappa shape index (κ3) is 2.47. The summed E-state index contributed by atoms with van der Waals surface area (Å²) in [6.07, 6.45) is 1.78. The predicted octanol–water partition coefficient (Wildman–Crippen LogP) is 2.65. The van der Waals surface area contributed by atoms with Gasteiger partial charge in [0.15, 0.2) is 0 Å². The molecule has 0 saturated carbocycles. The van der Waals surface area contributed by atoms with Crippen molar-refractivity contribution in [3.05, 3.63) is 35.2 Å². The van der Waals surface area contributed by atoms with Crippen molar-refractivity contribution >= 4 is 0 Å². The molecule has 1 atom stereocenters. The molecular weight excluding hydrogens is 266 g/mol. The van der Waals surface area contributed by atoms with Crippen LogP contribution in [0.5, 0.6) is 0 Å². The van der Waals surface area contributed by atoms with Crippen LogP contribution in [0.15, 0.2) is 22.7 Å². The number of nitrogens with zero attached hydrogens (tertiary/aromatic N) is 2. The molecule has 1 aliphatic rings. The minimum absolute atomic E-state index is 0.502. The number of methoxy groups -OCH3 is 1. The van der Waals surface area contributed by atoms with Crippen molar-refractivity contribution < 1.29 is 9.26 Å². The smallest absolute Gasteiger partial charge is 0.258 e. The fourth-order valence-electron chi connectivity index (χ4n) is 2.67. The third-order valence-electron chi connectivity index (χ3n) is 4.39. The van der Waals surface area contributed by atoms with Crippen molar-refractivity contribution in [3.63, 3.8) is 0 Å². The summed E-state index contributed by atoms with van der Waals surface area (Å²) in [5, 5.41) is 7.51. The lowest BCUT2D eigenvalue weighted by atomic mass is 9.95. The lowest BCUT2D eigenvalue weighted by Gasteiger charge is -2.22. The van der Waals surface area contributed by atoms with Gasteiger partial charge in [-0.2, -0.15) is 4.98 Å². The Morgan fingerprint density at radius 3 is 3.05 bits per heavy atom. The maximum atomic E-state index is 5.54. The van der Waals surface area contributed by atoms with Crippen molar-refractivity contribution in [2.24, 2.45) is 0 Å². The molecule has 1 aromatic carbocycles. The standard InChI is InChI=1S/C16H21N3O2/c1-4-16(2,20-3)15-18-14(21-19-15)13-7-5-6-11-10-17-9-8-12(11)13/h5-7,17H,4,8-10H2,1-3H3. The molecule has 5 heteroatoms. The third-order valence-corrected chi connectivity index (χ3v) is 4.39. The van der Waals surface area contributed by atoms with Gasteiger partial charge in [0.25, 0.3) is 5.89 Å². The van der Waals surface area contributed by atoms with E-state index in [9.17, 15) is 0 Å². The Morgan fingerprint density at radius 1 is 1.43 bits per heavy atom. The van der Waals surface area contributed by atoms with Gasteiger partial charge in [0.2, 0.25) is 5.82 Å². The largest absolute Gasteiger partial charge is 0.370 e. The first kappa shape index (κ1) is 14.2. The van der Waals surface area contributed by atoms with Crippen LogP contribution in [0.3, 0.4) is 0 Å². The second-order valence-corrected chi connectivity index (χ2v) is 5.58. The molecule has 1 unspecified atom stereocenters. The van der Waals surface area contributed by atoms with Gasteiger partial charge in [0, 0.05) is 19.2 Å². The minimum Gasteiger partial charge on any atom is -0.370 e. The molecule has 0 amide bonds. The van der Waals surface area contributed by atoms with E-state index in [0.29, 0.717) is 11.7 Å². The van der Waals surface area contributed by atoms with E-state index >= 15 is 0 Å². The number of nitrogens with one attached hydrogen (secondary N) is 1. The molecule has 1 aromatic heterocycles. The van der Waals surface area contributed by atoms with Gasteiger partial charge in [-0.15, -0.1) is 0 Å². The Balaban J connectivity index is 2.01. The Hall–Kier alpha value is -1.72. The SMILES string of the molecule is CCC(C)(OC)c1noc(-c2cccc3c2CCNC3)n1. The zero-order valence-corrected chi connectivity index (χ0v) is 12.8. The summed E-state index contributed by atoms with van der Waals surface area (Å²) in [5.74, 6) is 1.19. The molecule has 1 N–H and O–H groups in total. The van der Waals surface area contributed by atoms with Gasteiger partial charge in [-0.25, -0.2) is 0 Å². The molecule has 0 aliphatic carbocycles. The summed E-state index contributed by atoms with van der Waals surface area (Å²) in [7, 11) is 1.68. The topological polar surface area (TPSA) is 60.2 Å². The number of hydrogen-bond donors (Lipinski definition) is 1. The summed E-state index contributed by atoms with van der Waals surface area (Å²) in [4.78, 5) is 4.58. The molecule has 5 nitrogen and oxygen atoms in total. The van der Waals surface area contributed by atoms with Crippen molar-refractivity contribution in [3.8, 4) is 11.5 Å². The van der Waals surface area contributed by atoms with Gasteiger partial charge >= 0.3 is 0 Å². The summed E-state index contributed by atoms with van der Waals surface area (Å²) < 4.78 is 11.0. The molecule has 0 radical (unpaired) electrons. The Labute approximate surface area is 124 Å². The van der Waals surface area contributed by atoms with Gasteiger partial charge in [-0.1, -0.05) is 24.2 Å². The zero-order chi connectivity index (χ0) is 14.9. The first-order valence-electron chi connectivity index (χ1n) is 7.39. The second-order valence-electron chi connectivity index (χ2n) is 5.58. The lowest BCUT2D eigenvalue weighted by Crippen LogP contribution is -2.25. The molecule has 3 rings (SSSR count). The molecule has 0 saturated heterocycles. The lowest BCUT2D eigenvalue weighted by molar-refractivity contribution is -0.0106. The molecule has 1 aliphatic heterocycles. The van der Waals surface area contributed by atoms with Gasteiger partial charge in [0.1, 0.15) is 5.60 Å². The van der Waals surface area contributed by atoms with Crippen LogP contribution >= 0.6 is 0 Å². The first-order chi connectivity index (χ1) is 10.2. The van der Waals surface area contributed by atoms with E-state index in [-0.39, 0.29) is 0 Å². The van der Waals surface area contributed by atoms with Crippen molar-refractivity contribution in [1.29, 1.82) is 0 Å². The maximum Gasteiger partial charge on any atom is 0.258 e. The monoisotopic (exact) mass is 287 g/mol. The highest BCUT2D eigenvalue weighted by Crippen LogP contribution is 2.31. The van der Waals surface area contributed by atoms with Gasteiger partial charge in [-0.05, 0) is 43.5 Å². The predicted molar refractivity (Wildman–Crippen MR) is 79.8 cm³/mol. The highest BCUT2D eigenvalue weighted by molar-refractivity contribution is 5.61. The summed E-state index contributed by atoms with van der Waals surface area (Å²) >= 11 is 0. The second kappa shape index (κ2) is 5.58. The summed E-state index contributed by atoms with van der Waals surface area (Å²) in [6.45, 7) is 5.91. The van der Waals surface area contributed by atoms with E-state index < -0.39 is 5.60 Å². The fraction of sp³-hybridized carbons (Fsp3) is 0.500. The normalized spacial score (nSPS) is 17.3. The van der Waals surface area contributed by atoms with E-state index in [2.05, 4.69) is 34.5 Å². The van der Waals surface area contributed by atoms with Gasteiger partial charge in [0.05, 0.1) is 0 Å². The highest BCUT2D eigenvalue weighted by Gasteiger charge is 2.30. The molecule has 0 spiro atoms. The molecule has 0 bridgehead atoms. The number of hydrogen-bond acceptors (Lipinski definition) is 5. The van der Waals surface area contributed by atoms with Crippen molar-refractivity contribution in [1.82, 2.24) is 15.5 Å². The maximum absolute atomic E-state index is 5.54. The Bertz CT molecular complexity index is 632. The van der Waals surface area contributed by atoms with E-state index in [1.807, 2.05) is 13.0 Å². The van der Waals surface area contributed by atoms with Crippen LogP contribution in [0.1, 0.15) is 37.2 Å². The van der Waals surface area contributed by atoms with E-state index in [1.165, 1.54) is 11.1 Å². The molecule has 21 heavy (non-hydrogen) atoms. The quantitative estimate of drug-likeness (QED) is 0.936. The van der Waals surface area contributed by atoms with Crippen LogP contribution in [0, 0.1) is 0 Å². The summed E-state index contributed by atoms with van der Waals surface area (Å²) in [5.41, 5.74) is 3.16. The van der Waals surface area contributed by atoms with Crippen molar-refractivity contribution in [2.45, 2.75) is 38.8 Å². The Morgan fingerprint density at radius 2 is 2.29 bits per heavy atom. The number of benzene rings is 1. The Kier molecular flexibility index (Phi) is 3.78. The van der Waals surface area contributed by atoms with Gasteiger partial charge < -0.3 is 14.6 Å². The van der Waals surface area contributed by atoms with E-state index in [4.69, 9.17) is 9.26 Å². The van der Waals surface area contributed by atoms with Crippen LogP contribution < -0.4 is 5.32 Å². The molecule has 0 fully saturated rings. The molecule has 2 aromatic rings. The number of aromatic nitrogens is 2. The number of ether oxygens (including phenoxy) is 1. The molecule has 2 heterocycles. The minimum atomic E-state index is -0.502. The van der Waals surface area contributed by atoms with Crippen LogP contribution in [0.2, 0.25) is 0 Å². The van der Waals surface area contributed by atoms with Crippen LogP contribution in [-0.2, 0) is 23.3 Å². The summed E-state index contributed by atoms with van der Waals surface area (Å²) in [6, 6.07) is 6.24. The average molecular weight is 287 g/mol. The van der Waals surface area contributed by atoms with Crippen LogP contribution in [0.25, 0.3) is 11.5 Å². The van der Waals surface area contributed by atoms with Crippen molar-refractivity contribution in [2.75, 3.05) is 13.7 Å². The van der Waals surface area contributed by atoms with E-state index in [0.717, 1.165) is 31.5 Å². The van der Waals surface area contributed by atoms with Crippen LogP contribution in [-0.4, -0.2) is 23.8 Å². The molecular formula is C16H21N3O2. The van der Waals surface area contributed by atoms with E-state index in [1.54, 1.807) is 7.11 Å². The van der Waals surface area contributed by atoms with Gasteiger partial charge in [-0.3, -0.25) is 0 Å². The molecule has 112 valence electrons. The fourth-order valence-corrected chi connectivity index (χ4v) is 2.67. The first-order valence-corrected chi connectivity index (χ1v) is 7.39. The van der Waals surface area contributed by atoms with Crippen LogP contribution in [0.4, 0.5) is 0 Å². The highest BCUT2D eigenvalue weighted by atomic mass is 16.5. The average Bonchev–Trinajstić information content (AvgIpc) is 3.04. The zero-order valence-electron chi connectivity index (χ0n) is 12.8. The number of fused-ring (bicyclic) bond motifs is 1.